The van der Waals surface area contributed by atoms with Gasteiger partial charge in [-0.25, -0.2) is 14.0 Å². The minimum absolute atomic E-state index is 0.164. The molecule has 0 radical (unpaired) electrons. The zero-order valence-electron chi connectivity index (χ0n) is 16.2. The molecule has 7 heteroatoms. The molecule has 3 heterocycles. The Labute approximate surface area is 187 Å². The van der Waals surface area contributed by atoms with Crippen LogP contribution in [0.2, 0.25) is 0 Å². The van der Waals surface area contributed by atoms with Crippen molar-refractivity contribution in [3.63, 3.8) is 0 Å². The molecule has 0 spiro atoms. The van der Waals surface area contributed by atoms with Gasteiger partial charge in [0, 0.05) is 0 Å². The van der Waals surface area contributed by atoms with Gasteiger partial charge < -0.3 is 13.6 Å². The lowest BCUT2D eigenvalue weighted by Crippen LogP contribution is -2.26. The molecule has 32 heavy (non-hydrogen) atoms. The Kier molecular flexibility index (Phi) is 4.10. The lowest BCUT2D eigenvalue weighted by Gasteiger charge is -2.28. The molecule has 0 saturated heterocycles. The Morgan fingerprint density at radius 3 is 1.81 bits per heavy atom. The van der Waals surface area contributed by atoms with Crippen molar-refractivity contribution in [2.24, 2.45) is 0 Å². The van der Waals surface area contributed by atoms with Gasteiger partial charge in [-0.15, -0.1) is 0 Å². The number of ether oxygens (including phenoxy) is 1. The summed E-state index contributed by atoms with van der Waals surface area (Å²) in [4.78, 5) is 26.3. The molecule has 1 aliphatic rings. The van der Waals surface area contributed by atoms with Crippen LogP contribution in [-0.4, -0.2) is 0 Å². The van der Waals surface area contributed by atoms with Crippen molar-refractivity contribution in [3.8, 4) is 11.5 Å². The minimum atomic E-state index is -0.868. The smallest absolute Gasteiger partial charge is 0.344 e. The van der Waals surface area contributed by atoms with Crippen molar-refractivity contribution in [2.45, 2.75) is 5.92 Å². The SMILES string of the molecule is O=c1oc2ccccc2c2c1C(c1ccc(F)c(Br)c1)c1c(c3ccccc3oc1=O)O2. The van der Waals surface area contributed by atoms with Gasteiger partial charge in [-0.3, -0.25) is 0 Å². The molecule has 0 fully saturated rings. The van der Waals surface area contributed by atoms with Crippen LogP contribution in [0.5, 0.6) is 11.5 Å². The van der Waals surface area contributed by atoms with Gasteiger partial charge in [-0.1, -0.05) is 30.3 Å². The van der Waals surface area contributed by atoms with Crippen LogP contribution in [0.25, 0.3) is 21.9 Å². The molecule has 0 unspecified atom stereocenters. The molecule has 3 aromatic carbocycles. The topological polar surface area (TPSA) is 69.7 Å². The highest BCUT2D eigenvalue weighted by Gasteiger charge is 2.38. The van der Waals surface area contributed by atoms with Gasteiger partial charge in [-0.2, -0.15) is 0 Å². The minimum Gasteiger partial charge on any atom is -0.455 e. The Bertz CT molecular complexity index is 1590. The third-order valence-corrected chi connectivity index (χ3v) is 6.26. The summed E-state index contributed by atoms with van der Waals surface area (Å²) in [6.07, 6.45) is 0. The van der Waals surface area contributed by atoms with Gasteiger partial charge in [0.2, 0.25) is 0 Å². The Morgan fingerprint density at radius 1 is 0.750 bits per heavy atom. The van der Waals surface area contributed by atoms with E-state index >= 15 is 0 Å². The second-order valence-corrected chi connectivity index (χ2v) is 8.32. The third-order valence-electron chi connectivity index (χ3n) is 5.66. The number of para-hydroxylation sites is 2. The predicted molar refractivity (Wildman–Crippen MR) is 120 cm³/mol. The number of fused-ring (bicyclic) bond motifs is 6. The maximum Gasteiger partial charge on any atom is 0.344 e. The summed E-state index contributed by atoms with van der Waals surface area (Å²) in [6.45, 7) is 0. The molecule has 0 aliphatic carbocycles. The van der Waals surface area contributed by atoms with E-state index in [1.807, 2.05) is 12.1 Å². The van der Waals surface area contributed by atoms with Gasteiger partial charge in [0.15, 0.2) is 0 Å². The standard InChI is InChI=1S/C25H12BrFO5/c26-15-11-12(9-10-16(15)27)19-20-22(13-5-1-3-7-17(13)30-24(20)28)32-23-14-6-2-4-8-18(14)31-25(29)21(19)23/h1-11,19H. The van der Waals surface area contributed by atoms with E-state index in [1.54, 1.807) is 42.5 Å². The highest BCUT2D eigenvalue weighted by atomic mass is 79.9. The first kappa shape index (κ1) is 19.0. The van der Waals surface area contributed by atoms with E-state index in [1.165, 1.54) is 12.1 Å². The van der Waals surface area contributed by atoms with Crippen LogP contribution in [-0.2, 0) is 0 Å². The summed E-state index contributed by atoms with van der Waals surface area (Å²) in [5, 5.41) is 1.19. The first-order valence-corrected chi connectivity index (χ1v) is 10.6. The van der Waals surface area contributed by atoms with E-state index in [2.05, 4.69) is 15.9 Å². The summed E-state index contributed by atoms with van der Waals surface area (Å²) in [5.41, 5.74) is 0.311. The highest BCUT2D eigenvalue weighted by molar-refractivity contribution is 9.10. The first-order chi connectivity index (χ1) is 15.5. The lowest BCUT2D eigenvalue weighted by molar-refractivity contribution is 0.429. The summed E-state index contributed by atoms with van der Waals surface area (Å²) < 4.78 is 31.6. The van der Waals surface area contributed by atoms with Crippen LogP contribution in [0.3, 0.4) is 0 Å². The number of hydrogen-bond acceptors (Lipinski definition) is 5. The van der Waals surface area contributed by atoms with Gasteiger partial charge in [0.25, 0.3) is 0 Å². The molecular formula is C25H12BrFO5. The van der Waals surface area contributed by atoms with Crippen LogP contribution < -0.4 is 16.0 Å². The maximum absolute atomic E-state index is 14.0. The highest BCUT2D eigenvalue weighted by Crippen LogP contribution is 2.49. The van der Waals surface area contributed by atoms with Crippen LogP contribution in [0.15, 0.2) is 89.6 Å². The largest absolute Gasteiger partial charge is 0.455 e. The fourth-order valence-electron chi connectivity index (χ4n) is 4.26. The first-order valence-electron chi connectivity index (χ1n) is 9.77. The van der Waals surface area contributed by atoms with Crippen molar-refractivity contribution in [1.29, 1.82) is 0 Å². The third kappa shape index (κ3) is 2.67. The summed E-state index contributed by atoms with van der Waals surface area (Å²) in [5.74, 6) is -0.708. The van der Waals surface area contributed by atoms with Crippen LogP contribution in [0.1, 0.15) is 22.6 Å². The van der Waals surface area contributed by atoms with Gasteiger partial charge in [0.05, 0.1) is 32.3 Å². The molecule has 156 valence electrons. The molecule has 0 atom stereocenters. The molecular weight excluding hydrogens is 479 g/mol. The summed E-state index contributed by atoms with van der Waals surface area (Å²) >= 11 is 3.20. The number of halogens is 2. The molecule has 1 aliphatic heterocycles. The second kappa shape index (κ2) is 6.90. The lowest BCUT2D eigenvalue weighted by atomic mass is 9.83. The average Bonchev–Trinajstić information content (AvgIpc) is 2.80. The molecule has 0 amide bonds. The summed E-state index contributed by atoms with van der Waals surface area (Å²) in [6, 6.07) is 18.4. The van der Waals surface area contributed by atoms with Crippen LogP contribution >= 0.6 is 15.9 Å². The fourth-order valence-corrected chi connectivity index (χ4v) is 4.66. The number of rotatable bonds is 1. The molecule has 2 aromatic heterocycles. The normalized spacial score (nSPS) is 13.1. The molecule has 0 bridgehead atoms. The van der Waals surface area contributed by atoms with E-state index in [-0.39, 0.29) is 15.6 Å². The Hall–Kier alpha value is -3.71. The van der Waals surface area contributed by atoms with Gasteiger partial charge >= 0.3 is 11.3 Å². The second-order valence-electron chi connectivity index (χ2n) is 7.47. The molecule has 5 nitrogen and oxygen atoms in total. The van der Waals surface area contributed by atoms with Crippen molar-refractivity contribution >= 4 is 37.9 Å². The molecule has 0 N–H and O–H groups in total. The number of hydrogen-bond donors (Lipinski definition) is 0. The summed E-state index contributed by atoms with van der Waals surface area (Å²) in [7, 11) is 0. The van der Waals surface area contributed by atoms with Gasteiger partial charge in [-0.05, 0) is 57.9 Å². The number of benzene rings is 3. The van der Waals surface area contributed by atoms with E-state index in [0.29, 0.717) is 39.0 Å². The maximum atomic E-state index is 14.0. The quantitative estimate of drug-likeness (QED) is 0.261. The zero-order valence-corrected chi connectivity index (χ0v) is 17.8. The van der Waals surface area contributed by atoms with Crippen molar-refractivity contribution in [1.82, 2.24) is 0 Å². The van der Waals surface area contributed by atoms with E-state index < -0.39 is 23.0 Å². The molecule has 5 aromatic rings. The van der Waals surface area contributed by atoms with E-state index in [9.17, 15) is 14.0 Å². The Balaban J connectivity index is 1.79. The van der Waals surface area contributed by atoms with Crippen molar-refractivity contribution < 1.29 is 18.0 Å². The average molecular weight is 491 g/mol. The Morgan fingerprint density at radius 2 is 1.28 bits per heavy atom. The van der Waals surface area contributed by atoms with Crippen molar-refractivity contribution in [2.75, 3.05) is 0 Å². The van der Waals surface area contributed by atoms with Gasteiger partial charge in [0.1, 0.15) is 28.5 Å². The monoisotopic (exact) mass is 490 g/mol. The van der Waals surface area contributed by atoms with Crippen LogP contribution in [0.4, 0.5) is 4.39 Å². The molecule has 0 saturated carbocycles. The van der Waals surface area contributed by atoms with E-state index in [0.717, 1.165) is 0 Å². The fraction of sp³-hybridized carbons (Fsp3) is 0.0400. The zero-order chi connectivity index (χ0) is 22.0. The van der Waals surface area contributed by atoms with E-state index in [4.69, 9.17) is 13.6 Å². The molecule has 6 rings (SSSR count). The van der Waals surface area contributed by atoms with Crippen molar-refractivity contribution in [3.05, 3.63) is 115 Å². The predicted octanol–water partition coefficient (Wildman–Crippen LogP) is 6.09. The van der Waals surface area contributed by atoms with Crippen LogP contribution in [0, 0.1) is 5.82 Å².